The molecular formula is C15H16ClN3O. The summed E-state index contributed by atoms with van der Waals surface area (Å²) in [5.74, 6) is 0. The minimum Gasteiger partial charge on any atom is -0.364 e. The number of hydrogen-bond acceptors (Lipinski definition) is 2. The van der Waals surface area contributed by atoms with Crippen LogP contribution in [0.3, 0.4) is 0 Å². The Hall–Kier alpha value is -1.94. The zero-order valence-electron chi connectivity index (χ0n) is 11.3. The second-order valence-corrected chi connectivity index (χ2v) is 5.40. The lowest BCUT2D eigenvalue weighted by Crippen LogP contribution is -2.33. The predicted octanol–water partition coefficient (Wildman–Crippen LogP) is 3.04. The molecule has 0 radical (unpaired) electrons. The number of amides is 1. The van der Waals surface area contributed by atoms with Crippen LogP contribution in [-0.4, -0.2) is 17.5 Å². The van der Waals surface area contributed by atoms with E-state index >= 15 is 0 Å². The minimum absolute atomic E-state index is 0.577. The lowest BCUT2D eigenvalue weighted by Gasteiger charge is -2.31. The van der Waals surface area contributed by atoms with Gasteiger partial charge in [0.25, 0.3) is 0 Å². The van der Waals surface area contributed by atoms with Crippen molar-refractivity contribution < 1.29 is 4.79 Å². The molecule has 0 unspecified atom stereocenters. The van der Waals surface area contributed by atoms with Crippen LogP contribution in [0.2, 0.25) is 5.02 Å². The molecule has 20 heavy (non-hydrogen) atoms. The Bertz CT molecular complexity index is 627. The van der Waals surface area contributed by atoms with Crippen LogP contribution >= 0.6 is 11.6 Å². The largest absolute Gasteiger partial charge is 0.364 e. The van der Waals surface area contributed by atoms with Gasteiger partial charge in [-0.25, -0.2) is 0 Å². The van der Waals surface area contributed by atoms with Crippen LogP contribution in [0.1, 0.15) is 11.3 Å². The number of nitrogens with one attached hydrogen (secondary N) is 1. The maximum absolute atomic E-state index is 10.6. The van der Waals surface area contributed by atoms with Crippen LogP contribution in [0.4, 0.5) is 11.4 Å². The molecule has 0 saturated carbocycles. The number of carbonyl (C=O) groups excluding carboxylic acids is 1. The van der Waals surface area contributed by atoms with Crippen LogP contribution in [0.5, 0.6) is 0 Å². The molecule has 0 aliphatic carbocycles. The Morgan fingerprint density at radius 2 is 2.20 bits per heavy atom. The van der Waals surface area contributed by atoms with Gasteiger partial charge in [0.05, 0.1) is 17.3 Å². The Labute approximate surface area is 123 Å². The number of halogens is 1. The highest BCUT2D eigenvalue weighted by Crippen LogP contribution is 2.32. The number of hydrogen-bond donors (Lipinski definition) is 1. The van der Waals surface area contributed by atoms with Gasteiger partial charge in [-0.15, -0.1) is 0 Å². The topological polar surface area (TPSA) is 37.3 Å². The molecule has 0 fully saturated rings. The quantitative estimate of drug-likeness (QED) is 0.882. The average Bonchev–Trinajstić information content (AvgIpc) is 2.90. The summed E-state index contributed by atoms with van der Waals surface area (Å²) < 4.78 is 2.27. The molecule has 5 heteroatoms. The first-order valence-electron chi connectivity index (χ1n) is 6.58. The molecule has 1 N–H and O–H groups in total. The molecule has 0 saturated heterocycles. The van der Waals surface area contributed by atoms with Crippen LogP contribution < -0.4 is 10.2 Å². The molecule has 0 atom stereocenters. The molecule has 0 bridgehead atoms. The predicted molar refractivity (Wildman–Crippen MR) is 81.4 cm³/mol. The van der Waals surface area contributed by atoms with Crippen molar-refractivity contribution >= 4 is 29.4 Å². The Morgan fingerprint density at radius 3 is 2.95 bits per heavy atom. The van der Waals surface area contributed by atoms with Crippen molar-refractivity contribution in [1.29, 1.82) is 0 Å². The van der Waals surface area contributed by atoms with Crippen LogP contribution in [0.15, 0.2) is 30.5 Å². The van der Waals surface area contributed by atoms with Crippen molar-refractivity contribution in [2.24, 2.45) is 0 Å². The number of aryl methyl sites for hydroxylation is 1. The van der Waals surface area contributed by atoms with Crippen LogP contribution in [0.25, 0.3) is 0 Å². The normalized spacial score (nSPS) is 14.0. The van der Waals surface area contributed by atoms with Crippen molar-refractivity contribution in [2.75, 3.05) is 16.8 Å². The summed E-state index contributed by atoms with van der Waals surface area (Å²) in [6.45, 7) is 4.77. The third-order valence-corrected chi connectivity index (χ3v) is 4.03. The summed E-state index contributed by atoms with van der Waals surface area (Å²) >= 11 is 6.26. The van der Waals surface area contributed by atoms with Gasteiger partial charge in [-0.1, -0.05) is 11.6 Å². The first-order chi connectivity index (χ1) is 9.69. The smallest absolute Gasteiger partial charge is 0.211 e. The lowest BCUT2D eigenvalue weighted by molar-refractivity contribution is -0.105. The van der Waals surface area contributed by atoms with E-state index in [2.05, 4.69) is 39.2 Å². The van der Waals surface area contributed by atoms with Crippen molar-refractivity contribution in [1.82, 2.24) is 4.57 Å². The van der Waals surface area contributed by atoms with Crippen LogP contribution in [0, 0.1) is 6.92 Å². The summed E-state index contributed by atoms with van der Waals surface area (Å²) in [6.07, 6.45) is 2.77. The molecule has 1 amide bonds. The van der Waals surface area contributed by atoms with Crippen molar-refractivity contribution in [3.05, 3.63) is 46.7 Å². The van der Waals surface area contributed by atoms with Gasteiger partial charge >= 0.3 is 0 Å². The standard InChI is InChI=1S/C15H16ClN3O/c1-11-7-13(8-14(16)15(11)17-10-20)19-6-5-18-4-2-3-12(18)9-19/h2-4,7-8,10H,5-6,9H2,1H3,(H,17,20). The maximum atomic E-state index is 10.6. The Morgan fingerprint density at radius 1 is 1.35 bits per heavy atom. The van der Waals surface area contributed by atoms with E-state index in [0.29, 0.717) is 17.1 Å². The van der Waals surface area contributed by atoms with Gasteiger partial charge in [-0.05, 0) is 36.8 Å². The average molecular weight is 290 g/mol. The maximum Gasteiger partial charge on any atom is 0.211 e. The second-order valence-electron chi connectivity index (χ2n) is 5.00. The van der Waals surface area contributed by atoms with Crippen molar-refractivity contribution in [2.45, 2.75) is 20.0 Å². The molecule has 3 rings (SSSR count). The van der Waals surface area contributed by atoms with E-state index in [1.54, 1.807) is 0 Å². The zero-order chi connectivity index (χ0) is 14.1. The number of nitrogens with zero attached hydrogens (tertiary/aromatic N) is 2. The second kappa shape index (κ2) is 5.21. The Balaban J connectivity index is 1.90. The molecular weight excluding hydrogens is 274 g/mol. The van der Waals surface area contributed by atoms with Crippen molar-refractivity contribution in [3.63, 3.8) is 0 Å². The van der Waals surface area contributed by atoms with Gasteiger partial charge in [0.1, 0.15) is 0 Å². The van der Waals surface area contributed by atoms with Gasteiger partial charge in [-0.2, -0.15) is 0 Å². The van der Waals surface area contributed by atoms with E-state index < -0.39 is 0 Å². The summed E-state index contributed by atoms with van der Waals surface area (Å²) in [7, 11) is 0. The molecule has 1 aliphatic heterocycles. The summed E-state index contributed by atoms with van der Waals surface area (Å²) in [5.41, 5.74) is 4.06. The molecule has 1 aromatic carbocycles. The summed E-state index contributed by atoms with van der Waals surface area (Å²) in [6, 6.07) is 8.20. The van der Waals surface area contributed by atoms with E-state index in [1.165, 1.54) is 5.69 Å². The number of carbonyl (C=O) groups is 1. The zero-order valence-corrected chi connectivity index (χ0v) is 12.0. The Kier molecular flexibility index (Phi) is 3.40. The number of anilines is 2. The highest BCUT2D eigenvalue weighted by molar-refractivity contribution is 6.34. The van der Waals surface area contributed by atoms with Crippen LogP contribution in [-0.2, 0) is 17.9 Å². The van der Waals surface area contributed by atoms with Crippen molar-refractivity contribution in [3.8, 4) is 0 Å². The molecule has 1 aromatic heterocycles. The highest BCUT2D eigenvalue weighted by atomic mass is 35.5. The molecule has 2 aromatic rings. The first kappa shape index (κ1) is 13.1. The molecule has 104 valence electrons. The van der Waals surface area contributed by atoms with E-state index in [-0.39, 0.29) is 0 Å². The van der Waals surface area contributed by atoms with E-state index in [0.717, 1.165) is 30.9 Å². The van der Waals surface area contributed by atoms with E-state index in [4.69, 9.17) is 11.6 Å². The minimum atomic E-state index is 0.577. The lowest BCUT2D eigenvalue weighted by atomic mass is 10.1. The fourth-order valence-corrected chi connectivity index (χ4v) is 3.00. The van der Waals surface area contributed by atoms with E-state index in [1.807, 2.05) is 13.0 Å². The summed E-state index contributed by atoms with van der Waals surface area (Å²) in [4.78, 5) is 12.9. The van der Waals surface area contributed by atoms with E-state index in [9.17, 15) is 4.79 Å². The molecule has 1 aliphatic rings. The molecule has 2 heterocycles. The number of fused-ring (bicyclic) bond motifs is 1. The first-order valence-corrected chi connectivity index (χ1v) is 6.96. The fraction of sp³-hybridized carbons (Fsp3) is 0.267. The molecule has 4 nitrogen and oxygen atoms in total. The van der Waals surface area contributed by atoms with Gasteiger partial charge in [-0.3, -0.25) is 4.79 Å². The van der Waals surface area contributed by atoms with Gasteiger partial charge in [0, 0.05) is 30.7 Å². The number of aromatic nitrogens is 1. The summed E-state index contributed by atoms with van der Waals surface area (Å²) in [5, 5.41) is 3.23. The SMILES string of the molecule is Cc1cc(N2CCn3cccc3C2)cc(Cl)c1NC=O. The number of benzene rings is 1. The number of rotatable bonds is 3. The van der Waals surface area contributed by atoms with Gasteiger partial charge in [0.2, 0.25) is 6.41 Å². The fourth-order valence-electron chi connectivity index (χ4n) is 2.68. The third-order valence-electron chi connectivity index (χ3n) is 3.73. The van der Waals surface area contributed by atoms with Gasteiger partial charge < -0.3 is 14.8 Å². The third kappa shape index (κ3) is 2.27. The molecule has 0 spiro atoms. The van der Waals surface area contributed by atoms with Gasteiger partial charge in [0.15, 0.2) is 0 Å². The highest BCUT2D eigenvalue weighted by Gasteiger charge is 2.17. The monoisotopic (exact) mass is 289 g/mol.